The van der Waals surface area contributed by atoms with Crippen molar-refractivity contribution in [1.82, 2.24) is 4.90 Å². The number of nitrogens with two attached hydrogens (primary N) is 1. The number of likely N-dealkylation sites (N-methyl/N-ethyl adjacent to an activating group) is 1. The van der Waals surface area contributed by atoms with E-state index in [0.29, 0.717) is 5.02 Å². The van der Waals surface area contributed by atoms with Gasteiger partial charge in [-0.3, -0.25) is 9.69 Å². The van der Waals surface area contributed by atoms with Crippen molar-refractivity contribution < 1.29 is 4.79 Å². The summed E-state index contributed by atoms with van der Waals surface area (Å²) in [6.45, 7) is 7.23. The van der Waals surface area contributed by atoms with E-state index >= 15 is 0 Å². The minimum Gasteiger partial charge on any atom is -0.367 e. The first kappa shape index (κ1) is 14.6. The van der Waals surface area contributed by atoms with Gasteiger partial charge in [0.05, 0.1) is 10.7 Å². The number of halogens is 1. The number of anilines is 2. The maximum absolute atomic E-state index is 11.7. The Balaban J connectivity index is 1.94. The summed E-state index contributed by atoms with van der Waals surface area (Å²) in [6, 6.07) is 3.15. The molecule has 5 nitrogen and oxygen atoms in total. The first-order chi connectivity index (χ1) is 9.79. The van der Waals surface area contributed by atoms with Gasteiger partial charge in [0.25, 0.3) is 0 Å². The van der Waals surface area contributed by atoms with Gasteiger partial charge in [-0.15, -0.1) is 0 Å². The van der Waals surface area contributed by atoms with E-state index in [4.69, 9.17) is 17.3 Å². The van der Waals surface area contributed by atoms with Crippen molar-refractivity contribution in [2.24, 2.45) is 5.73 Å². The van der Waals surface area contributed by atoms with Crippen LogP contribution in [0.3, 0.4) is 0 Å². The zero-order valence-corrected chi connectivity index (χ0v) is 13.4. The first-order valence-electron chi connectivity index (χ1n) is 7.16. The molecule has 1 aromatic rings. The maximum Gasteiger partial charge on any atom is 0.245 e. The largest absolute Gasteiger partial charge is 0.367 e. The van der Waals surface area contributed by atoms with E-state index in [9.17, 15) is 4.79 Å². The number of hydrogen-bond donors (Lipinski definition) is 2. The number of amides is 1. The van der Waals surface area contributed by atoms with Crippen molar-refractivity contribution in [1.29, 1.82) is 0 Å². The van der Waals surface area contributed by atoms with Crippen molar-refractivity contribution in [3.8, 4) is 0 Å². The second-order valence-electron chi connectivity index (χ2n) is 6.51. The predicted molar refractivity (Wildman–Crippen MR) is 85.9 cm³/mol. The Morgan fingerprint density at radius 1 is 1.38 bits per heavy atom. The summed E-state index contributed by atoms with van der Waals surface area (Å²) in [6.07, 6.45) is 0. The highest BCUT2D eigenvalue weighted by molar-refractivity contribution is 6.33. The molecule has 0 radical (unpaired) electrons. The molecule has 114 valence electrons. The maximum atomic E-state index is 11.7. The predicted octanol–water partition coefficient (Wildman–Crippen LogP) is 1.82. The van der Waals surface area contributed by atoms with E-state index in [1.807, 2.05) is 12.1 Å². The number of benzene rings is 1. The zero-order chi connectivity index (χ0) is 15.4. The molecule has 0 spiro atoms. The minimum atomic E-state index is -0.615. The highest BCUT2D eigenvalue weighted by atomic mass is 35.5. The van der Waals surface area contributed by atoms with E-state index in [1.165, 1.54) is 0 Å². The number of carbonyl (C=O) groups excluding carboxylic acids is 1. The van der Waals surface area contributed by atoms with E-state index < -0.39 is 6.04 Å². The van der Waals surface area contributed by atoms with Crippen LogP contribution in [0.25, 0.3) is 0 Å². The molecule has 0 aromatic heterocycles. The van der Waals surface area contributed by atoms with E-state index in [2.05, 4.69) is 36.0 Å². The van der Waals surface area contributed by atoms with Gasteiger partial charge in [-0.25, -0.2) is 0 Å². The number of carbonyl (C=O) groups is 1. The molecule has 1 aromatic carbocycles. The van der Waals surface area contributed by atoms with Gasteiger partial charge in [0.1, 0.15) is 6.04 Å². The molecule has 21 heavy (non-hydrogen) atoms. The van der Waals surface area contributed by atoms with Crippen LogP contribution >= 0.6 is 11.6 Å². The van der Waals surface area contributed by atoms with Crippen molar-refractivity contribution in [3.05, 3.63) is 22.7 Å². The van der Waals surface area contributed by atoms with Crippen LogP contribution in [0.15, 0.2) is 12.1 Å². The van der Waals surface area contributed by atoms with Crippen molar-refractivity contribution >= 4 is 28.9 Å². The first-order valence-corrected chi connectivity index (χ1v) is 7.53. The van der Waals surface area contributed by atoms with Gasteiger partial charge in [-0.2, -0.15) is 0 Å². The molecule has 0 aliphatic carbocycles. The highest BCUT2D eigenvalue weighted by Gasteiger charge is 2.34. The van der Waals surface area contributed by atoms with Crippen LogP contribution in [-0.2, 0) is 4.79 Å². The topological polar surface area (TPSA) is 61.6 Å². The number of piperazine rings is 1. The third-order valence-electron chi connectivity index (χ3n) is 4.65. The fraction of sp³-hybridized carbons (Fsp3) is 0.533. The molecule has 2 heterocycles. The van der Waals surface area contributed by atoms with Crippen LogP contribution in [0.1, 0.15) is 25.5 Å². The number of hydrogen-bond acceptors (Lipinski definition) is 4. The summed E-state index contributed by atoms with van der Waals surface area (Å²) in [4.78, 5) is 16.3. The lowest BCUT2D eigenvalue weighted by molar-refractivity contribution is -0.116. The fourth-order valence-corrected chi connectivity index (χ4v) is 3.27. The molecular weight excluding hydrogens is 288 g/mol. The summed E-state index contributed by atoms with van der Waals surface area (Å²) >= 11 is 6.43. The SMILES string of the molecule is CN1CCN(c2cc3c(cc2Cl)C(N)C(=O)N3)CC1(C)C. The Hall–Kier alpha value is -1.30. The van der Waals surface area contributed by atoms with Gasteiger partial charge in [-0.05, 0) is 33.0 Å². The average Bonchev–Trinajstić information content (AvgIpc) is 2.68. The zero-order valence-electron chi connectivity index (χ0n) is 12.6. The van der Waals surface area contributed by atoms with Crippen molar-refractivity contribution in [3.63, 3.8) is 0 Å². The Morgan fingerprint density at radius 2 is 2.10 bits per heavy atom. The highest BCUT2D eigenvalue weighted by Crippen LogP contribution is 2.39. The second kappa shape index (κ2) is 4.87. The minimum absolute atomic E-state index is 0.0836. The van der Waals surface area contributed by atoms with Gasteiger partial charge in [0.15, 0.2) is 0 Å². The van der Waals surface area contributed by atoms with Gasteiger partial charge < -0.3 is 16.0 Å². The molecule has 3 N–H and O–H groups in total. The smallest absolute Gasteiger partial charge is 0.245 e. The van der Waals surface area contributed by atoms with Crippen LogP contribution in [0.4, 0.5) is 11.4 Å². The standard InChI is InChI=1S/C15H21ClN4O/c1-15(2)8-20(5-4-19(15)3)12-7-11-9(6-10(12)16)13(17)14(21)18-11/h6-7,13H,4-5,8,17H2,1-3H3,(H,18,21). The van der Waals surface area contributed by atoms with Crippen LogP contribution in [0, 0.1) is 0 Å². The summed E-state index contributed by atoms with van der Waals surface area (Å²) < 4.78 is 0. The number of fused-ring (bicyclic) bond motifs is 1. The van der Waals surface area contributed by atoms with Crippen LogP contribution in [-0.4, -0.2) is 43.0 Å². The van der Waals surface area contributed by atoms with Crippen molar-refractivity contribution in [2.45, 2.75) is 25.4 Å². The Labute approximate surface area is 130 Å². The van der Waals surface area contributed by atoms with E-state index in [0.717, 1.165) is 36.6 Å². The molecule has 1 saturated heterocycles. The second-order valence-corrected chi connectivity index (χ2v) is 6.92. The average molecular weight is 309 g/mol. The Bertz CT molecular complexity index is 602. The fourth-order valence-electron chi connectivity index (χ4n) is 2.98. The molecule has 2 aliphatic rings. The summed E-state index contributed by atoms with van der Waals surface area (Å²) in [7, 11) is 2.14. The van der Waals surface area contributed by atoms with E-state index in [-0.39, 0.29) is 11.4 Å². The van der Waals surface area contributed by atoms with Gasteiger partial charge in [0.2, 0.25) is 5.91 Å². The molecule has 1 atom stereocenters. The monoisotopic (exact) mass is 308 g/mol. The lowest BCUT2D eigenvalue weighted by atomic mass is 9.98. The summed E-state index contributed by atoms with van der Waals surface area (Å²) in [5.41, 5.74) is 8.47. The third kappa shape index (κ3) is 2.39. The molecule has 3 rings (SSSR count). The van der Waals surface area contributed by atoms with Crippen molar-refractivity contribution in [2.75, 3.05) is 36.9 Å². The van der Waals surface area contributed by atoms with Gasteiger partial charge >= 0.3 is 0 Å². The summed E-state index contributed by atoms with van der Waals surface area (Å²) in [5, 5.41) is 3.48. The quantitative estimate of drug-likeness (QED) is 0.831. The Morgan fingerprint density at radius 3 is 2.76 bits per heavy atom. The molecule has 2 aliphatic heterocycles. The molecule has 1 unspecified atom stereocenters. The summed E-state index contributed by atoms with van der Waals surface area (Å²) in [5.74, 6) is -0.170. The third-order valence-corrected chi connectivity index (χ3v) is 4.95. The Kier molecular flexibility index (Phi) is 3.39. The number of rotatable bonds is 1. The molecule has 0 bridgehead atoms. The molecule has 1 amide bonds. The van der Waals surface area contributed by atoms with Crippen LogP contribution in [0.5, 0.6) is 0 Å². The molecule has 0 saturated carbocycles. The number of nitrogens with zero attached hydrogens (tertiary/aromatic N) is 2. The molecular formula is C15H21ClN4O. The van der Waals surface area contributed by atoms with Crippen LogP contribution in [0.2, 0.25) is 5.02 Å². The molecule has 1 fully saturated rings. The lowest BCUT2D eigenvalue weighted by Gasteiger charge is -2.46. The molecule has 6 heteroatoms. The normalized spacial score (nSPS) is 24.9. The van der Waals surface area contributed by atoms with Gasteiger partial charge in [0, 0.05) is 36.4 Å². The number of nitrogens with one attached hydrogen (secondary N) is 1. The van der Waals surface area contributed by atoms with Crippen LogP contribution < -0.4 is 16.0 Å². The lowest BCUT2D eigenvalue weighted by Crippen LogP contribution is -2.57. The van der Waals surface area contributed by atoms with E-state index in [1.54, 1.807) is 0 Å². The van der Waals surface area contributed by atoms with Gasteiger partial charge in [-0.1, -0.05) is 11.6 Å².